The highest BCUT2D eigenvalue weighted by Gasteiger charge is 2.36. The molecule has 2 aromatic carbocycles. The van der Waals surface area contributed by atoms with Gasteiger partial charge in [0, 0.05) is 12.6 Å². The first-order chi connectivity index (χ1) is 14.7. The lowest BCUT2D eigenvalue weighted by Crippen LogP contribution is -2.46. The molecule has 31 heavy (non-hydrogen) atoms. The molecule has 0 radical (unpaired) electrons. The second-order valence-corrected chi connectivity index (χ2v) is 10.9. The van der Waals surface area contributed by atoms with E-state index in [0.717, 1.165) is 12.0 Å². The van der Waals surface area contributed by atoms with E-state index in [1.165, 1.54) is 11.1 Å². The van der Waals surface area contributed by atoms with Crippen molar-refractivity contribution in [2.45, 2.75) is 65.1 Å². The molecular weight excluding hydrogens is 410 g/mol. The largest absolute Gasteiger partial charge is 0.481 e. The Labute approximate surface area is 186 Å². The number of nitrogens with zero attached hydrogens (tertiary/aromatic N) is 1. The standard InChI is InChI=1S/C25H33NO4S/c1-5-20-6-8-21(9-7-20)16-26(23-14-15-31(28,29)17-23)25(27)19(4)30-24-12-10-22(11-13-24)18(2)3/h6-13,18-19,23H,5,14-17H2,1-4H3. The molecule has 5 nitrogen and oxygen atoms in total. The summed E-state index contributed by atoms with van der Waals surface area (Å²) in [5, 5.41) is 0. The van der Waals surface area contributed by atoms with Crippen LogP contribution in [0.4, 0.5) is 0 Å². The van der Waals surface area contributed by atoms with Gasteiger partial charge < -0.3 is 9.64 Å². The van der Waals surface area contributed by atoms with Gasteiger partial charge in [0.25, 0.3) is 5.91 Å². The number of amides is 1. The van der Waals surface area contributed by atoms with Crippen molar-refractivity contribution in [1.29, 1.82) is 0 Å². The molecule has 1 fully saturated rings. The minimum Gasteiger partial charge on any atom is -0.481 e. The van der Waals surface area contributed by atoms with Gasteiger partial charge >= 0.3 is 0 Å². The fourth-order valence-electron chi connectivity index (χ4n) is 3.90. The van der Waals surface area contributed by atoms with Crippen LogP contribution in [0.2, 0.25) is 0 Å². The lowest BCUT2D eigenvalue weighted by Gasteiger charge is -2.31. The molecular formula is C25H33NO4S. The Bertz CT molecular complexity index is 981. The van der Waals surface area contributed by atoms with Gasteiger partial charge in [0.2, 0.25) is 0 Å². The predicted molar refractivity (Wildman–Crippen MR) is 124 cm³/mol. The van der Waals surface area contributed by atoms with E-state index in [2.05, 4.69) is 32.9 Å². The van der Waals surface area contributed by atoms with Gasteiger partial charge in [0.15, 0.2) is 15.9 Å². The zero-order valence-corrected chi connectivity index (χ0v) is 19.7. The van der Waals surface area contributed by atoms with Crippen molar-refractivity contribution in [2.24, 2.45) is 0 Å². The van der Waals surface area contributed by atoms with Crippen LogP contribution >= 0.6 is 0 Å². The van der Waals surface area contributed by atoms with Crippen LogP contribution in [0.5, 0.6) is 5.75 Å². The first-order valence-corrected chi connectivity index (χ1v) is 12.9. The van der Waals surface area contributed by atoms with Gasteiger partial charge in [-0.2, -0.15) is 0 Å². The van der Waals surface area contributed by atoms with Gasteiger partial charge in [-0.05, 0) is 54.5 Å². The van der Waals surface area contributed by atoms with E-state index in [1.807, 2.05) is 36.4 Å². The van der Waals surface area contributed by atoms with Crippen molar-refractivity contribution in [3.63, 3.8) is 0 Å². The van der Waals surface area contributed by atoms with E-state index in [9.17, 15) is 13.2 Å². The van der Waals surface area contributed by atoms with E-state index in [1.54, 1.807) is 11.8 Å². The lowest BCUT2D eigenvalue weighted by atomic mass is 10.0. The minimum absolute atomic E-state index is 0.0155. The molecule has 0 spiro atoms. The van der Waals surface area contributed by atoms with E-state index in [-0.39, 0.29) is 23.5 Å². The number of ether oxygens (including phenoxy) is 1. The van der Waals surface area contributed by atoms with Crippen molar-refractivity contribution in [2.75, 3.05) is 11.5 Å². The number of hydrogen-bond acceptors (Lipinski definition) is 4. The van der Waals surface area contributed by atoms with E-state index >= 15 is 0 Å². The highest BCUT2D eigenvalue weighted by Crippen LogP contribution is 2.24. The molecule has 0 saturated carbocycles. The summed E-state index contributed by atoms with van der Waals surface area (Å²) in [5.41, 5.74) is 3.43. The van der Waals surface area contributed by atoms with Gasteiger partial charge in [-0.25, -0.2) is 8.42 Å². The van der Waals surface area contributed by atoms with Crippen molar-refractivity contribution in [3.8, 4) is 5.75 Å². The maximum absolute atomic E-state index is 13.4. The minimum atomic E-state index is -3.11. The zero-order chi connectivity index (χ0) is 22.6. The molecule has 168 valence electrons. The number of carbonyl (C=O) groups excluding carboxylic acids is 1. The summed E-state index contributed by atoms with van der Waals surface area (Å²) in [6, 6.07) is 15.6. The Kier molecular flexibility index (Phi) is 7.42. The van der Waals surface area contributed by atoms with Crippen LogP contribution in [0.15, 0.2) is 48.5 Å². The Morgan fingerprint density at radius 2 is 1.65 bits per heavy atom. The number of aryl methyl sites for hydroxylation is 1. The van der Waals surface area contributed by atoms with Gasteiger partial charge in [-0.3, -0.25) is 4.79 Å². The van der Waals surface area contributed by atoms with Crippen molar-refractivity contribution in [1.82, 2.24) is 4.90 Å². The van der Waals surface area contributed by atoms with Crippen LogP contribution in [-0.2, 0) is 27.6 Å². The molecule has 0 N–H and O–H groups in total. The summed E-state index contributed by atoms with van der Waals surface area (Å²) in [4.78, 5) is 15.0. The molecule has 2 aromatic rings. The Hall–Kier alpha value is -2.34. The molecule has 1 aliphatic heterocycles. The predicted octanol–water partition coefficient (Wildman–Crippen LogP) is 4.36. The first-order valence-electron chi connectivity index (χ1n) is 11.0. The normalized spacial score (nSPS) is 18.7. The molecule has 1 saturated heterocycles. The highest BCUT2D eigenvalue weighted by atomic mass is 32.2. The molecule has 1 amide bonds. The molecule has 3 rings (SSSR count). The van der Waals surface area contributed by atoms with Gasteiger partial charge in [0.05, 0.1) is 11.5 Å². The summed E-state index contributed by atoms with van der Waals surface area (Å²) < 4.78 is 30.1. The van der Waals surface area contributed by atoms with Crippen molar-refractivity contribution >= 4 is 15.7 Å². The maximum Gasteiger partial charge on any atom is 0.263 e. The summed E-state index contributed by atoms with van der Waals surface area (Å²) in [5.74, 6) is 1.02. The smallest absolute Gasteiger partial charge is 0.263 e. The van der Waals surface area contributed by atoms with Crippen LogP contribution < -0.4 is 4.74 Å². The van der Waals surface area contributed by atoms with E-state index < -0.39 is 15.9 Å². The molecule has 2 atom stereocenters. The third kappa shape index (κ3) is 6.10. The summed E-state index contributed by atoms with van der Waals surface area (Å²) in [6.07, 6.45) is 0.712. The highest BCUT2D eigenvalue weighted by molar-refractivity contribution is 7.91. The first kappa shape index (κ1) is 23.3. The SMILES string of the molecule is CCc1ccc(CN(C(=O)C(C)Oc2ccc(C(C)C)cc2)C2CCS(=O)(=O)C2)cc1. The van der Waals surface area contributed by atoms with Crippen LogP contribution in [-0.4, -0.2) is 42.9 Å². The van der Waals surface area contributed by atoms with Gasteiger partial charge in [-0.1, -0.05) is 57.2 Å². The lowest BCUT2D eigenvalue weighted by molar-refractivity contribution is -0.140. The Morgan fingerprint density at radius 3 is 2.16 bits per heavy atom. The molecule has 6 heteroatoms. The number of benzene rings is 2. The fourth-order valence-corrected chi connectivity index (χ4v) is 5.64. The molecule has 1 heterocycles. The second-order valence-electron chi connectivity index (χ2n) is 8.68. The number of sulfone groups is 1. The zero-order valence-electron chi connectivity index (χ0n) is 18.9. The summed E-state index contributed by atoms with van der Waals surface area (Å²) >= 11 is 0. The third-order valence-corrected chi connectivity index (χ3v) is 7.67. The molecule has 2 unspecified atom stereocenters. The van der Waals surface area contributed by atoms with Crippen LogP contribution in [0, 0.1) is 0 Å². The molecule has 0 aliphatic carbocycles. The van der Waals surface area contributed by atoms with E-state index in [4.69, 9.17) is 4.74 Å². The molecule has 0 aromatic heterocycles. The number of hydrogen-bond donors (Lipinski definition) is 0. The fraction of sp³-hybridized carbons (Fsp3) is 0.480. The van der Waals surface area contributed by atoms with Crippen LogP contribution in [0.1, 0.15) is 56.7 Å². The van der Waals surface area contributed by atoms with E-state index in [0.29, 0.717) is 24.6 Å². The van der Waals surface area contributed by atoms with Gasteiger partial charge in [-0.15, -0.1) is 0 Å². The maximum atomic E-state index is 13.4. The average Bonchev–Trinajstić information content (AvgIpc) is 3.11. The van der Waals surface area contributed by atoms with Crippen LogP contribution in [0.3, 0.4) is 0 Å². The topological polar surface area (TPSA) is 63.7 Å². The molecule has 1 aliphatic rings. The summed E-state index contributed by atoms with van der Waals surface area (Å²) in [6.45, 7) is 8.46. The number of rotatable bonds is 8. The second kappa shape index (κ2) is 9.86. The quantitative estimate of drug-likeness (QED) is 0.608. The molecule has 0 bridgehead atoms. The Morgan fingerprint density at radius 1 is 1.03 bits per heavy atom. The van der Waals surface area contributed by atoms with Crippen molar-refractivity contribution < 1.29 is 17.9 Å². The number of carbonyl (C=O) groups is 1. The average molecular weight is 444 g/mol. The Balaban J connectivity index is 1.77. The third-order valence-electron chi connectivity index (χ3n) is 5.92. The summed E-state index contributed by atoms with van der Waals surface area (Å²) in [7, 11) is -3.11. The van der Waals surface area contributed by atoms with Crippen molar-refractivity contribution in [3.05, 3.63) is 65.2 Å². The monoisotopic (exact) mass is 443 g/mol. The van der Waals surface area contributed by atoms with Gasteiger partial charge in [0.1, 0.15) is 5.75 Å². The van der Waals surface area contributed by atoms with Crippen LogP contribution in [0.25, 0.3) is 0 Å².